The second-order valence-electron chi connectivity index (χ2n) is 5.91. The number of anilines is 2. The largest absolute Gasteiger partial charge is 0.389 e. The van der Waals surface area contributed by atoms with E-state index in [2.05, 4.69) is 5.32 Å². The number of nitrogens with one attached hydrogen (secondary N) is 1. The number of aliphatic hydroxyl groups is 1. The summed E-state index contributed by atoms with van der Waals surface area (Å²) in [5, 5.41) is 12.6. The van der Waals surface area contributed by atoms with Crippen molar-refractivity contribution in [3.63, 3.8) is 0 Å². The van der Waals surface area contributed by atoms with E-state index >= 15 is 0 Å². The minimum absolute atomic E-state index is 0.123. The third-order valence-electron chi connectivity index (χ3n) is 4.17. The normalized spacial score (nSPS) is 15.4. The highest BCUT2D eigenvalue weighted by Gasteiger charge is 2.21. The van der Waals surface area contributed by atoms with E-state index in [-0.39, 0.29) is 11.8 Å². The van der Waals surface area contributed by atoms with Gasteiger partial charge >= 0.3 is 0 Å². The van der Waals surface area contributed by atoms with Crippen molar-refractivity contribution in [3.05, 3.63) is 59.7 Å². The van der Waals surface area contributed by atoms with Crippen LogP contribution in [0.1, 0.15) is 41.8 Å². The molecule has 124 valence electrons. The molecule has 0 bridgehead atoms. The molecular weight excluding hydrogens is 304 g/mol. The van der Waals surface area contributed by atoms with Gasteiger partial charge in [0.15, 0.2) is 0 Å². The lowest BCUT2D eigenvalue weighted by atomic mass is 10.1. The van der Waals surface area contributed by atoms with Crippen molar-refractivity contribution in [2.45, 2.75) is 25.9 Å². The van der Waals surface area contributed by atoms with Crippen molar-refractivity contribution in [3.8, 4) is 0 Å². The molecule has 2 aromatic rings. The van der Waals surface area contributed by atoms with Crippen LogP contribution in [-0.2, 0) is 4.79 Å². The summed E-state index contributed by atoms with van der Waals surface area (Å²) in [5.74, 6) is -0.125. The third kappa shape index (κ3) is 3.31. The minimum atomic E-state index is -0.662. The first-order chi connectivity index (χ1) is 11.6. The predicted octanol–water partition coefficient (Wildman–Crippen LogP) is 3.12. The maximum atomic E-state index is 12.4. The quantitative estimate of drug-likeness (QED) is 0.908. The standard InChI is InChI=1S/C19H20N2O3/c1-13(22)16-5-2-3-6-17(16)20-19(24)14-8-10-15(11-9-14)21-12-4-7-18(21)23/h2-3,5-6,8-11,13,22H,4,7,12H2,1H3,(H,20,24)/t13-/m1/s1. The molecule has 2 amide bonds. The van der Waals surface area contributed by atoms with Crippen LogP contribution in [0.5, 0.6) is 0 Å². The third-order valence-corrected chi connectivity index (χ3v) is 4.17. The van der Waals surface area contributed by atoms with E-state index in [9.17, 15) is 14.7 Å². The summed E-state index contributed by atoms with van der Waals surface area (Å²) >= 11 is 0. The Kier molecular flexibility index (Phi) is 4.62. The Morgan fingerprint density at radius 3 is 2.50 bits per heavy atom. The zero-order valence-corrected chi connectivity index (χ0v) is 13.5. The summed E-state index contributed by atoms with van der Waals surface area (Å²) in [6.45, 7) is 2.39. The average molecular weight is 324 g/mol. The number of hydrogen-bond acceptors (Lipinski definition) is 3. The van der Waals surface area contributed by atoms with Gasteiger partial charge in [-0.25, -0.2) is 0 Å². The molecule has 0 aliphatic carbocycles. The molecule has 1 aliphatic rings. The lowest BCUT2D eigenvalue weighted by Gasteiger charge is -2.16. The molecule has 1 heterocycles. The van der Waals surface area contributed by atoms with Crippen molar-refractivity contribution < 1.29 is 14.7 Å². The molecule has 5 heteroatoms. The van der Waals surface area contributed by atoms with E-state index < -0.39 is 6.10 Å². The molecule has 2 aromatic carbocycles. The summed E-state index contributed by atoms with van der Waals surface area (Å²) in [7, 11) is 0. The molecule has 0 unspecified atom stereocenters. The highest BCUT2D eigenvalue weighted by atomic mass is 16.3. The van der Waals surface area contributed by atoms with Crippen molar-refractivity contribution in [2.24, 2.45) is 0 Å². The van der Waals surface area contributed by atoms with Gasteiger partial charge in [0.1, 0.15) is 0 Å². The van der Waals surface area contributed by atoms with E-state index in [4.69, 9.17) is 0 Å². The first-order valence-electron chi connectivity index (χ1n) is 8.05. The lowest BCUT2D eigenvalue weighted by molar-refractivity contribution is -0.117. The summed E-state index contributed by atoms with van der Waals surface area (Å²) in [4.78, 5) is 25.9. The molecule has 0 spiro atoms. The fraction of sp³-hybridized carbons (Fsp3) is 0.263. The van der Waals surface area contributed by atoms with Gasteiger partial charge in [-0.3, -0.25) is 9.59 Å². The molecule has 0 radical (unpaired) electrons. The number of rotatable bonds is 4. The van der Waals surface area contributed by atoms with Gasteiger partial charge < -0.3 is 15.3 Å². The van der Waals surface area contributed by atoms with Crippen molar-refractivity contribution in [2.75, 3.05) is 16.8 Å². The Hall–Kier alpha value is -2.66. The molecule has 1 atom stereocenters. The number of carbonyl (C=O) groups excluding carboxylic acids is 2. The molecule has 1 fully saturated rings. The number of carbonyl (C=O) groups is 2. The van der Waals surface area contributed by atoms with E-state index in [1.54, 1.807) is 48.2 Å². The smallest absolute Gasteiger partial charge is 0.255 e. The van der Waals surface area contributed by atoms with Gasteiger partial charge in [-0.15, -0.1) is 0 Å². The molecule has 0 aromatic heterocycles. The molecular formula is C19H20N2O3. The molecule has 1 aliphatic heterocycles. The summed E-state index contributed by atoms with van der Waals surface area (Å²) in [6, 6.07) is 14.2. The molecule has 1 saturated heterocycles. The monoisotopic (exact) mass is 324 g/mol. The maximum absolute atomic E-state index is 12.4. The van der Waals surface area contributed by atoms with E-state index in [1.165, 1.54) is 0 Å². The highest BCUT2D eigenvalue weighted by molar-refractivity contribution is 6.05. The SMILES string of the molecule is C[C@@H](O)c1ccccc1NC(=O)c1ccc(N2CCCC2=O)cc1. The van der Waals surface area contributed by atoms with Gasteiger partial charge in [-0.2, -0.15) is 0 Å². The number of amides is 2. The fourth-order valence-corrected chi connectivity index (χ4v) is 2.88. The van der Waals surface area contributed by atoms with E-state index in [0.717, 1.165) is 18.7 Å². The topological polar surface area (TPSA) is 69.6 Å². The van der Waals surface area contributed by atoms with Gasteiger partial charge in [0, 0.05) is 35.5 Å². The predicted molar refractivity (Wildman–Crippen MR) is 93.1 cm³/mol. The van der Waals surface area contributed by atoms with Gasteiger partial charge in [-0.1, -0.05) is 18.2 Å². The van der Waals surface area contributed by atoms with E-state index in [0.29, 0.717) is 23.2 Å². The van der Waals surface area contributed by atoms with Crippen LogP contribution in [0.3, 0.4) is 0 Å². The molecule has 2 N–H and O–H groups in total. The van der Waals surface area contributed by atoms with Gasteiger partial charge in [0.05, 0.1) is 6.10 Å². The van der Waals surface area contributed by atoms with Gasteiger partial charge in [0.25, 0.3) is 5.91 Å². The summed E-state index contributed by atoms with van der Waals surface area (Å²) in [5.41, 5.74) is 2.59. The zero-order chi connectivity index (χ0) is 17.1. The minimum Gasteiger partial charge on any atom is -0.389 e. The Balaban J connectivity index is 1.75. The average Bonchev–Trinajstić information content (AvgIpc) is 3.01. The number of benzene rings is 2. The van der Waals surface area contributed by atoms with Crippen molar-refractivity contribution in [1.82, 2.24) is 0 Å². The van der Waals surface area contributed by atoms with Crippen LogP contribution < -0.4 is 10.2 Å². The summed E-state index contributed by atoms with van der Waals surface area (Å²) in [6.07, 6.45) is 0.792. The Bertz CT molecular complexity index is 753. The van der Waals surface area contributed by atoms with Crippen molar-refractivity contribution >= 4 is 23.2 Å². The molecule has 0 saturated carbocycles. The summed E-state index contributed by atoms with van der Waals surface area (Å²) < 4.78 is 0. The first-order valence-corrected chi connectivity index (χ1v) is 8.05. The molecule has 3 rings (SSSR count). The van der Waals surface area contributed by atoms with Crippen LogP contribution in [-0.4, -0.2) is 23.5 Å². The first kappa shape index (κ1) is 16.2. The lowest BCUT2D eigenvalue weighted by Crippen LogP contribution is -2.23. The second-order valence-corrected chi connectivity index (χ2v) is 5.91. The van der Waals surface area contributed by atoms with Gasteiger partial charge in [-0.05, 0) is 43.7 Å². The Labute approximate surface area is 140 Å². The molecule has 5 nitrogen and oxygen atoms in total. The van der Waals surface area contributed by atoms with Gasteiger partial charge in [0.2, 0.25) is 5.91 Å². The Morgan fingerprint density at radius 2 is 1.88 bits per heavy atom. The number of para-hydroxylation sites is 1. The maximum Gasteiger partial charge on any atom is 0.255 e. The van der Waals surface area contributed by atoms with E-state index in [1.807, 2.05) is 12.1 Å². The zero-order valence-electron chi connectivity index (χ0n) is 13.5. The Morgan fingerprint density at radius 1 is 1.17 bits per heavy atom. The molecule has 24 heavy (non-hydrogen) atoms. The fourth-order valence-electron chi connectivity index (χ4n) is 2.88. The van der Waals surface area contributed by atoms with Crippen LogP contribution in [0.4, 0.5) is 11.4 Å². The highest BCUT2D eigenvalue weighted by Crippen LogP contribution is 2.24. The number of hydrogen-bond donors (Lipinski definition) is 2. The van der Waals surface area contributed by atoms with Crippen LogP contribution in [0.25, 0.3) is 0 Å². The van der Waals surface area contributed by atoms with Crippen LogP contribution in [0.2, 0.25) is 0 Å². The van der Waals surface area contributed by atoms with Crippen LogP contribution >= 0.6 is 0 Å². The van der Waals surface area contributed by atoms with Crippen molar-refractivity contribution in [1.29, 1.82) is 0 Å². The second kappa shape index (κ2) is 6.84. The van der Waals surface area contributed by atoms with Crippen LogP contribution in [0.15, 0.2) is 48.5 Å². The number of aliphatic hydroxyl groups excluding tert-OH is 1. The number of nitrogens with zero attached hydrogens (tertiary/aromatic N) is 1. The van der Waals surface area contributed by atoms with Crippen LogP contribution in [0, 0.1) is 0 Å².